The quantitative estimate of drug-likeness (QED) is 0.266. The summed E-state index contributed by atoms with van der Waals surface area (Å²) >= 11 is 0. The van der Waals surface area contributed by atoms with Gasteiger partial charge >= 0.3 is 5.97 Å². The number of nitrogens with two attached hydrogens (primary N) is 1. The Kier molecular flexibility index (Phi) is 7.58. The highest BCUT2D eigenvalue weighted by Gasteiger charge is 2.28. The number of hydrogen-bond acceptors (Lipinski definition) is 6. The van der Waals surface area contributed by atoms with Crippen LogP contribution in [0, 0.1) is 11.3 Å². The number of hydrogen-bond donors (Lipinski definition) is 3. The first-order valence-electron chi connectivity index (χ1n) is 11.9. The Morgan fingerprint density at radius 1 is 1.08 bits per heavy atom. The number of nitrogens with one attached hydrogen (secondary N) is 2. The van der Waals surface area contributed by atoms with Crippen LogP contribution in [0.25, 0.3) is 11.3 Å². The zero-order valence-corrected chi connectivity index (χ0v) is 20.1. The van der Waals surface area contributed by atoms with Crippen LogP contribution < -0.4 is 16.6 Å². The van der Waals surface area contributed by atoms with Crippen LogP contribution in [0.4, 0.5) is 0 Å². The first kappa shape index (κ1) is 24.8. The summed E-state index contributed by atoms with van der Waals surface area (Å²) in [6.45, 7) is 0.212. The molecule has 1 aliphatic carbocycles. The molecule has 0 saturated heterocycles. The Bertz CT molecular complexity index is 1310. The summed E-state index contributed by atoms with van der Waals surface area (Å²) in [6.07, 6.45) is 2.52. The molecule has 0 radical (unpaired) electrons. The van der Waals surface area contributed by atoms with Crippen LogP contribution in [-0.2, 0) is 16.1 Å². The molecule has 36 heavy (non-hydrogen) atoms. The van der Waals surface area contributed by atoms with Crippen molar-refractivity contribution in [1.29, 1.82) is 5.41 Å². The van der Waals surface area contributed by atoms with Crippen molar-refractivity contribution in [3.05, 3.63) is 87.7 Å². The lowest BCUT2D eigenvalue weighted by molar-refractivity contribution is -0.146. The molecule has 9 nitrogen and oxygen atoms in total. The van der Waals surface area contributed by atoms with Gasteiger partial charge in [0.2, 0.25) is 0 Å². The van der Waals surface area contributed by atoms with E-state index in [4.69, 9.17) is 15.9 Å². The van der Waals surface area contributed by atoms with E-state index in [2.05, 4.69) is 10.4 Å². The number of amides is 1. The van der Waals surface area contributed by atoms with Crippen molar-refractivity contribution in [1.82, 2.24) is 15.1 Å². The molecule has 1 saturated carbocycles. The minimum atomic E-state index is -0.483. The lowest BCUT2D eigenvalue weighted by Gasteiger charge is -2.27. The van der Waals surface area contributed by atoms with Crippen LogP contribution in [0.2, 0.25) is 0 Å². The number of ether oxygens (including phenoxy) is 1. The van der Waals surface area contributed by atoms with Crippen molar-refractivity contribution in [2.45, 2.75) is 38.3 Å². The molecular weight excluding hydrogens is 458 g/mol. The predicted octanol–water partition coefficient (Wildman–Crippen LogP) is 2.70. The second-order valence-electron chi connectivity index (χ2n) is 8.93. The van der Waals surface area contributed by atoms with Crippen molar-refractivity contribution < 1.29 is 14.3 Å². The van der Waals surface area contributed by atoms with Gasteiger partial charge < -0.3 is 15.8 Å². The summed E-state index contributed by atoms with van der Waals surface area (Å²) in [6, 6.07) is 17.7. The third kappa shape index (κ3) is 5.68. The number of methoxy groups -OCH3 is 1. The number of amidine groups is 1. The maximum absolute atomic E-state index is 13.3. The summed E-state index contributed by atoms with van der Waals surface area (Å²) in [7, 11) is 1.38. The van der Waals surface area contributed by atoms with E-state index in [1.165, 1.54) is 17.9 Å². The van der Waals surface area contributed by atoms with Crippen LogP contribution in [0.3, 0.4) is 0 Å². The molecule has 4 N–H and O–H groups in total. The summed E-state index contributed by atoms with van der Waals surface area (Å²) in [5.41, 5.74) is 7.67. The molecule has 1 aliphatic rings. The number of esters is 1. The topological polar surface area (TPSA) is 140 Å². The van der Waals surface area contributed by atoms with E-state index < -0.39 is 11.5 Å². The van der Waals surface area contributed by atoms with Crippen LogP contribution in [0.1, 0.15) is 47.2 Å². The maximum atomic E-state index is 13.3. The van der Waals surface area contributed by atoms with Gasteiger partial charge in [-0.15, -0.1) is 0 Å². The summed E-state index contributed by atoms with van der Waals surface area (Å²) in [4.78, 5) is 38.3. The summed E-state index contributed by atoms with van der Waals surface area (Å²) in [5.74, 6) is -0.896. The predicted molar refractivity (Wildman–Crippen MR) is 136 cm³/mol. The van der Waals surface area contributed by atoms with Gasteiger partial charge in [-0.05, 0) is 37.3 Å². The fourth-order valence-electron chi connectivity index (χ4n) is 4.43. The molecule has 3 aromatic rings. The minimum absolute atomic E-state index is 0.00154. The molecule has 186 valence electrons. The zero-order valence-electron chi connectivity index (χ0n) is 20.1. The van der Waals surface area contributed by atoms with Gasteiger partial charge in [0.05, 0.1) is 25.3 Å². The molecular formula is C27H29N5O4. The SMILES string of the molecule is COC(=O)[C@H]1CC[C@H](NC(=O)c2cc(-c3ccc(C(=N)N)cc3)nn(Cc3ccccc3)c2=O)CC1. The molecule has 0 bridgehead atoms. The molecule has 0 spiro atoms. The van der Waals surface area contributed by atoms with Gasteiger partial charge in [0.15, 0.2) is 0 Å². The minimum Gasteiger partial charge on any atom is -0.469 e. The molecule has 9 heteroatoms. The van der Waals surface area contributed by atoms with Gasteiger partial charge in [-0.25, -0.2) is 4.68 Å². The van der Waals surface area contributed by atoms with Gasteiger partial charge in [0.25, 0.3) is 11.5 Å². The molecule has 2 aromatic carbocycles. The second-order valence-corrected chi connectivity index (χ2v) is 8.93. The Morgan fingerprint density at radius 3 is 2.36 bits per heavy atom. The number of nitrogens with zero attached hydrogens (tertiary/aromatic N) is 2. The standard InChI is InChI=1S/C27H29N5O4/c1-36-27(35)20-11-13-21(14-12-20)30-25(33)22-15-23(18-7-9-19(10-8-18)24(28)29)31-32(26(22)34)16-17-5-3-2-4-6-17/h2-10,15,20-21H,11-14,16H2,1H3,(H3,28,29)(H,30,33)/t20-,21-. The van der Waals surface area contributed by atoms with Crippen molar-refractivity contribution in [2.75, 3.05) is 7.11 Å². The van der Waals surface area contributed by atoms with E-state index in [0.29, 0.717) is 42.5 Å². The van der Waals surface area contributed by atoms with Crippen LogP contribution in [0.5, 0.6) is 0 Å². The van der Waals surface area contributed by atoms with Gasteiger partial charge in [-0.3, -0.25) is 19.8 Å². The monoisotopic (exact) mass is 487 g/mol. The smallest absolute Gasteiger partial charge is 0.308 e. The fraction of sp³-hybridized carbons (Fsp3) is 0.296. The third-order valence-corrected chi connectivity index (χ3v) is 6.48. The maximum Gasteiger partial charge on any atom is 0.308 e. The second kappa shape index (κ2) is 11.0. The Hall–Kier alpha value is -4.27. The zero-order chi connectivity index (χ0) is 25.7. The van der Waals surface area contributed by atoms with Gasteiger partial charge in [-0.1, -0.05) is 54.6 Å². The molecule has 1 heterocycles. The van der Waals surface area contributed by atoms with Gasteiger partial charge in [0, 0.05) is 17.2 Å². The van der Waals surface area contributed by atoms with E-state index in [1.807, 2.05) is 30.3 Å². The molecule has 0 aliphatic heterocycles. The molecule has 1 amide bonds. The van der Waals surface area contributed by atoms with Gasteiger partial charge in [0.1, 0.15) is 11.4 Å². The molecule has 1 fully saturated rings. The first-order valence-corrected chi connectivity index (χ1v) is 11.9. The van der Waals surface area contributed by atoms with Crippen LogP contribution >= 0.6 is 0 Å². The summed E-state index contributed by atoms with van der Waals surface area (Å²) in [5, 5.41) is 15.1. The number of benzene rings is 2. The van der Waals surface area contributed by atoms with Gasteiger partial charge in [-0.2, -0.15) is 5.10 Å². The lowest BCUT2D eigenvalue weighted by Crippen LogP contribution is -2.42. The average Bonchev–Trinajstić information content (AvgIpc) is 2.90. The average molecular weight is 488 g/mol. The normalized spacial score (nSPS) is 17.2. The number of carbonyl (C=O) groups excluding carboxylic acids is 2. The first-order chi connectivity index (χ1) is 17.4. The number of aromatic nitrogens is 2. The van der Waals surface area contributed by atoms with E-state index in [-0.39, 0.29) is 35.9 Å². The van der Waals surface area contributed by atoms with E-state index in [1.54, 1.807) is 24.3 Å². The lowest BCUT2D eigenvalue weighted by atomic mass is 9.86. The number of carbonyl (C=O) groups is 2. The van der Waals surface area contributed by atoms with Crippen molar-refractivity contribution >= 4 is 17.7 Å². The molecule has 4 rings (SSSR count). The van der Waals surface area contributed by atoms with Crippen LogP contribution in [0.15, 0.2) is 65.5 Å². The molecule has 1 aromatic heterocycles. The van der Waals surface area contributed by atoms with Crippen molar-refractivity contribution in [3.63, 3.8) is 0 Å². The highest BCUT2D eigenvalue weighted by atomic mass is 16.5. The van der Waals surface area contributed by atoms with Crippen LogP contribution in [-0.4, -0.2) is 40.6 Å². The molecule has 0 atom stereocenters. The third-order valence-electron chi connectivity index (χ3n) is 6.48. The largest absolute Gasteiger partial charge is 0.469 e. The van der Waals surface area contributed by atoms with E-state index in [9.17, 15) is 14.4 Å². The number of rotatable bonds is 7. The van der Waals surface area contributed by atoms with E-state index >= 15 is 0 Å². The van der Waals surface area contributed by atoms with Crippen molar-refractivity contribution in [2.24, 2.45) is 11.7 Å². The highest BCUT2D eigenvalue weighted by Crippen LogP contribution is 2.25. The highest BCUT2D eigenvalue weighted by molar-refractivity contribution is 5.96. The van der Waals surface area contributed by atoms with E-state index in [0.717, 1.165) is 5.56 Å². The molecule has 0 unspecified atom stereocenters. The fourth-order valence-corrected chi connectivity index (χ4v) is 4.43. The van der Waals surface area contributed by atoms with Crippen molar-refractivity contribution in [3.8, 4) is 11.3 Å². The summed E-state index contributed by atoms with van der Waals surface area (Å²) < 4.78 is 6.13. The Balaban J connectivity index is 1.63. The number of nitrogen functional groups attached to an aromatic ring is 1. The Labute approximate surface area is 208 Å². The Morgan fingerprint density at radius 2 is 1.75 bits per heavy atom.